The van der Waals surface area contributed by atoms with Gasteiger partial charge in [-0.3, -0.25) is 4.79 Å². The van der Waals surface area contributed by atoms with E-state index in [2.05, 4.69) is 32.9 Å². The molecule has 38 heavy (non-hydrogen) atoms. The summed E-state index contributed by atoms with van der Waals surface area (Å²) in [7, 11) is 0. The standard InChI is InChI=1S/C34H32O4/c1-23-28(30(35)20-17-24-15-18-27(19-16-24)33(36)37)21-29(26-13-9-6-10-14-26)31(34(2,3)4)32(23)38-22-25-11-7-5-8-12-25/h5-21H,22H2,1-4H3,(H,36,37)/b20-17+. The third kappa shape index (κ3) is 6.09. The van der Waals surface area contributed by atoms with E-state index < -0.39 is 5.97 Å². The molecule has 0 saturated heterocycles. The third-order valence-corrected chi connectivity index (χ3v) is 6.44. The Kier molecular flexibility index (Phi) is 7.92. The summed E-state index contributed by atoms with van der Waals surface area (Å²) >= 11 is 0. The molecule has 0 spiro atoms. The maximum absolute atomic E-state index is 13.5. The minimum Gasteiger partial charge on any atom is -0.488 e. The number of hydrogen-bond acceptors (Lipinski definition) is 3. The summed E-state index contributed by atoms with van der Waals surface area (Å²) in [6.07, 6.45) is 3.24. The van der Waals surface area contributed by atoms with E-state index in [1.54, 1.807) is 18.2 Å². The smallest absolute Gasteiger partial charge is 0.335 e. The second-order valence-electron chi connectivity index (χ2n) is 10.3. The van der Waals surface area contributed by atoms with Crippen molar-refractivity contribution in [1.82, 2.24) is 0 Å². The Balaban J connectivity index is 1.81. The SMILES string of the molecule is Cc1c(C(=O)/C=C/c2ccc(C(=O)O)cc2)cc(-c2ccccc2)c(C(C)(C)C)c1OCc1ccccc1. The molecule has 0 aromatic heterocycles. The molecule has 0 radical (unpaired) electrons. The molecule has 0 aliphatic heterocycles. The van der Waals surface area contributed by atoms with Crippen molar-refractivity contribution in [1.29, 1.82) is 0 Å². The van der Waals surface area contributed by atoms with E-state index in [-0.39, 0.29) is 16.8 Å². The van der Waals surface area contributed by atoms with Crippen LogP contribution in [0.15, 0.2) is 97.1 Å². The van der Waals surface area contributed by atoms with Gasteiger partial charge < -0.3 is 9.84 Å². The third-order valence-electron chi connectivity index (χ3n) is 6.44. The second-order valence-corrected chi connectivity index (χ2v) is 10.3. The first-order chi connectivity index (χ1) is 18.1. The number of hydrogen-bond donors (Lipinski definition) is 1. The van der Waals surface area contributed by atoms with Crippen molar-refractivity contribution in [2.24, 2.45) is 0 Å². The molecule has 0 fully saturated rings. The number of benzene rings is 4. The Morgan fingerprint density at radius 3 is 2.05 bits per heavy atom. The topological polar surface area (TPSA) is 63.6 Å². The van der Waals surface area contributed by atoms with E-state index in [0.717, 1.165) is 39.1 Å². The van der Waals surface area contributed by atoms with Gasteiger partial charge >= 0.3 is 5.97 Å². The van der Waals surface area contributed by atoms with Gasteiger partial charge in [-0.1, -0.05) is 99.6 Å². The molecule has 1 N–H and O–H groups in total. The van der Waals surface area contributed by atoms with Crippen LogP contribution in [0.25, 0.3) is 17.2 Å². The fraction of sp³-hybridized carbons (Fsp3) is 0.176. The fourth-order valence-electron chi connectivity index (χ4n) is 4.51. The van der Waals surface area contributed by atoms with Gasteiger partial charge in [0.25, 0.3) is 0 Å². The second kappa shape index (κ2) is 11.3. The highest BCUT2D eigenvalue weighted by molar-refractivity contribution is 6.09. The Hall–Kier alpha value is -4.44. The molecule has 4 aromatic rings. The van der Waals surface area contributed by atoms with Crippen LogP contribution in [-0.4, -0.2) is 16.9 Å². The van der Waals surface area contributed by atoms with Crippen LogP contribution in [-0.2, 0) is 12.0 Å². The van der Waals surface area contributed by atoms with Gasteiger partial charge in [0.05, 0.1) is 5.56 Å². The lowest BCUT2D eigenvalue weighted by molar-refractivity contribution is 0.0696. The molecule has 4 aromatic carbocycles. The number of ketones is 1. The van der Waals surface area contributed by atoms with Crippen LogP contribution in [0.4, 0.5) is 0 Å². The molecule has 192 valence electrons. The summed E-state index contributed by atoms with van der Waals surface area (Å²) in [6, 6.07) is 28.5. The molecule has 0 aliphatic carbocycles. The van der Waals surface area contributed by atoms with Gasteiger partial charge in [-0.2, -0.15) is 0 Å². The molecule has 4 rings (SSSR count). The molecule has 4 heteroatoms. The molecule has 0 heterocycles. The van der Waals surface area contributed by atoms with Crippen molar-refractivity contribution in [2.45, 2.75) is 39.7 Å². The predicted molar refractivity (Wildman–Crippen MR) is 153 cm³/mol. The molecule has 0 unspecified atom stereocenters. The Labute approximate surface area is 224 Å². The van der Waals surface area contributed by atoms with Crippen LogP contribution in [0.1, 0.15) is 63.7 Å². The summed E-state index contributed by atoms with van der Waals surface area (Å²) in [5.74, 6) is -0.403. The zero-order valence-corrected chi connectivity index (χ0v) is 22.2. The zero-order valence-electron chi connectivity index (χ0n) is 22.2. The Morgan fingerprint density at radius 1 is 0.868 bits per heavy atom. The van der Waals surface area contributed by atoms with Crippen molar-refractivity contribution in [3.63, 3.8) is 0 Å². The Morgan fingerprint density at radius 2 is 1.47 bits per heavy atom. The van der Waals surface area contributed by atoms with E-state index in [9.17, 15) is 9.59 Å². The van der Waals surface area contributed by atoms with Gasteiger partial charge in [0.2, 0.25) is 0 Å². The number of allylic oxidation sites excluding steroid dienone is 1. The summed E-state index contributed by atoms with van der Waals surface area (Å²) < 4.78 is 6.50. The first kappa shape index (κ1) is 26.6. The monoisotopic (exact) mass is 504 g/mol. The fourth-order valence-corrected chi connectivity index (χ4v) is 4.51. The first-order valence-corrected chi connectivity index (χ1v) is 12.6. The number of ether oxygens (including phenoxy) is 1. The molecular weight excluding hydrogens is 472 g/mol. The highest BCUT2D eigenvalue weighted by Gasteiger charge is 2.28. The number of carbonyl (C=O) groups is 2. The van der Waals surface area contributed by atoms with E-state index in [0.29, 0.717) is 12.2 Å². The average molecular weight is 505 g/mol. The van der Waals surface area contributed by atoms with Crippen molar-refractivity contribution in [3.8, 4) is 16.9 Å². The van der Waals surface area contributed by atoms with Gasteiger partial charge in [0.1, 0.15) is 12.4 Å². The maximum Gasteiger partial charge on any atom is 0.335 e. The number of carbonyl (C=O) groups excluding carboxylic acids is 1. The Bertz CT molecular complexity index is 1460. The molecule has 0 saturated carbocycles. The predicted octanol–water partition coefficient (Wildman–Crippen LogP) is 8.13. The molecule has 0 atom stereocenters. The lowest BCUT2D eigenvalue weighted by Gasteiger charge is -2.29. The normalized spacial score (nSPS) is 11.5. The average Bonchev–Trinajstić information content (AvgIpc) is 2.91. The van der Waals surface area contributed by atoms with Gasteiger partial charge in [-0.05, 0) is 58.9 Å². The van der Waals surface area contributed by atoms with Crippen molar-refractivity contribution < 1.29 is 19.4 Å². The minimum absolute atomic E-state index is 0.146. The number of rotatable bonds is 8. The molecule has 0 amide bonds. The van der Waals surface area contributed by atoms with Crippen molar-refractivity contribution >= 4 is 17.8 Å². The lowest BCUT2D eigenvalue weighted by Crippen LogP contribution is -2.18. The molecular formula is C34H32O4. The largest absolute Gasteiger partial charge is 0.488 e. The highest BCUT2D eigenvalue weighted by Crippen LogP contribution is 2.43. The van der Waals surface area contributed by atoms with E-state index in [4.69, 9.17) is 9.84 Å². The van der Waals surface area contributed by atoms with E-state index in [1.807, 2.05) is 61.5 Å². The van der Waals surface area contributed by atoms with Crippen LogP contribution in [0.5, 0.6) is 5.75 Å². The molecule has 0 aliphatic rings. The zero-order chi connectivity index (χ0) is 27.3. The van der Waals surface area contributed by atoms with E-state index >= 15 is 0 Å². The summed E-state index contributed by atoms with van der Waals surface area (Å²) in [6.45, 7) is 8.80. The van der Waals surface area contributed by atoms with E-state index in [1.165, 1.54) is 18.2 Å². The quantitative estimate of drug-likeness (QED) is 0.194. The van der Waals surface area contributed by atoms with Gasteiger partial charge in [0.15, 0.2) is 5.78 Å². The lowest BCUT2D eigenvalue weighted by atomic mass is 9.78. The molecule has 4 nitrogen and oxygen atoms in total. The maximum atomic E-state index is 13.5. The minimum atomic E-state index is -0.984. The molecule has 0 bridgehead atoms. The highest BCUT2D eigenvalue weighted by atomic mass is 16.5. The van der Waals surface area contributed by atoms with Crippen molar-refractivity contribution in [2.75, 3.05) is 0 Å². The van der Waals surface area contributed by atoms with Crippen LogP contribution in [0.3, 0.4) is 0 Å². The van der Waals surface area contributed by atoms with Crippen LogP contribution >= 0.6 is 0 Å². The van der Waals surface area contributed by atoms with Gasteiger partial charge in [-0.15, -0.1) is 0 Å². The number of aromatic carboxylic acids is 1. The summed E-state index contributed by atoms with van der Waals surface area (Å²) in [5.41, 5.74) is 6.16. The van der Waals surface area contributed by atoms with Crippen LogP contribution in [0, 0.1) is 6.92 Å². The summed E-state index contributed by atoms with van der Waals surface area (Å²) in [4.78, 5) is 24.7. The van der Waals surface area contributed by atoms with Crippen LogP contribution in [0.2, 0.25) is 0 Å². The number of carboxylic acid groups (broad SMARTS) is 1. The van der Waals surface area contributed by atoms with Gasteiger partial charge in [0, 0.05) is 16.7 Å². The first-order valence-electron chi connectivity index (χ1n) is 12.6. The van der Waals surface area contributed by atoms with Crippen LogP contribution < -0.4 is 4.74 Å². The number of carboxylic acids is 1. The summed E-state index contributed by atoms with van der Waals surface area (Å²) in [5, 5.41) is 9.13. The van der Waals surface area contributed by atoms with Crippen molar-refractivity contribution in [3.05, 3.63) is 130 Å². The van der Waals surface area contributed by atoms with Gasteiger partial charge in [-0.25, -0.2) is 4.79 Å².